The van der Waals surface area contributed by atoms with Crippen LogP contribution in [0.1, 0.15) is 30.6 Å². The largest absolute Gasteiger partial charge is 0.365 e. The van der Waals surface area contributed by atoms with E-state index in [2.05, 4.69) is 0 Å². The van der Waals surface area contributed by atoms with E-state index in [0.717, 1.165) is 0 Å². The lowest BCUT2D eigenvalue weighted by Gasteiger charge is -2.43. The molecule has 2 unspecified atom stereocenters. The van der Waals surface area contributed by atoms with Gasteiger partial charge in [0.1, 0.15) is 0 Å². The van der Waals surface area contributed by atoms with E-state index in [1.165, 1.54) is 6.92 Å². The third-order valence-corrected chi connectivity index (χ3v) is 4.22. The third-order valence-electron chi connectivity index (χ3n) is 3.97. The van der Waals surface area contributed by atoms with Gasteiger partial charge in [0.2, 0.25) is 5.91 Å². The molecule has 6 heteroatoms. The second-order valence-electron chi connectivity index (χ2n) is 5.42. The minimum atomic E-state index is -1.54. The molecular formula is C16H20ClNO4. The number of amides is 1. The summed E-state index contributed by atoms with van der Waals surface area (Å²) in [6.07, 6.45) is 0.213. The van der Waals surface area contributed by atoms with Crippen molar-refractivity contribution in [3.63, 3.8) is 0 Å². The number of ether oxygens (including phenoxy) is 1. The van der Waals surface area contributed by atoms with Crippen molar-refractivity contribution >= 4 is 23.3 Å². The highest BCUT2D eigenvalue weighted by Gasteiger charge is 2.47. The molecule has 0 bridgehead atoms. The van der Waals surface area contributed by atoms with Crippen molar-refractivity contribution in [2.45, 2.75) is 26.1 Å². The Labute approximate surface area is 134 Å². The second kappa shape index (κ2) is 6.77. The summed E-state index contributed by atoms with van der Waals surface area (Å²) in [7, 11) is 0. The molecule has 1 aromatic rings. The standard InChI is InChI=1S/C16H20ClNO4/c1-3-22-16(21)8-9-18(11(2)19)10-14(16)15(20)12-4-6-13(17)7-5-12/h4-7,14,21H,3,8-10H2,1-2H3. The molecule has 120 valence electrons. The number of benzene rings is 1. The van der Waals surface area contributed by atoms with Crippen molar-refractivity contribution in [2.24, 2.45) is 5.92 Å². The van der Waals surface area contributed by atoms with Crippen LogP contribution in [-0.2, 0) is 9.53 Å². The van der Waals surface area contributed by atoms with E-state index in [1.54, 1.807) is 36.1 Å². The molecule has 1 N–H and O–H groups in total. The molecule has 1 aromatic carbocycles. The maximum absolute atomic E-state index is 12.7. The monoisotopic (exact) mass is 325 g/mol. The summed E-state index contributed by atoms with van der Waals surface area (Å²) in [4.78, 5) is 25.9. The predicted molar refractivity (Wildman–Crippen MR) is 82.7 cm³/mol. The number of carbonyl (C=O) groups excluding carboxylic acids is 2. The van der Waals surface area contributed by atoms with E-state index >= 15 is 0 Å². The number of nitrogens with zero attached hydrogens (tertiary/aromatic N) is 1. The maximum atomic E-state index is 12.7. The number of Topliss-reactive ketones (excluding diaryl/α,β-unsaturated/α-hetero) is 1. The first-order chi connectivity index (χ1) is 10.4. The lowest BCUT2D eigenvalue weighted by Crippen LogP contribution is -2.57. The minimum absolute atomic E-state index is 0.118. The van der Waals surface area contributed by atoms with Crippen LogP contribution in [0, 0.1) is 5.92 Å². The average Bonchev–Trinajstić information content (AvgIpc) is 2.47. The highest BCUT2D eigenvalue weighted by atomic mass is 35.5. The van der Waals surface area contributed by atoms with Crippen molar-refractivity contribution in [2.75, 3.05) is 19.7 Å². The van der Waals surface area contributed by atoms with Gasteiger partial charge < -0.3 is 14.7 Å². The molecule has 5 nitrogen and oxygen atoms in total. The van der Waals surface area contributed by atoms with Gasteiger partial charge in [0.25, 0.3) is 0 Å². The molecule has 1 fully saturated rings. The molecule has 0 radical (unpaired) electrons. The molecule has 1 amide bonds. The smallest absolute Gasteiger partial charge is 0.219 e. The van der Waals surface area contributed by atoms with Crippen LogP contribution in [0.4, 0.5) is 0 Å². The summed E-state index contributed by atoms with van der Waals surface area (Å²) in [5.74, 6) is -2.73. The van der Waals surface area contributed by atoms with Gasteiger partial charge in [0.05, 0.1) is 5.92 Å². The van der Waals surface area contributed by atoms with Crippen molar-refractivity contribution in [3.05, 3.63) is 34.9 Å². The molecule has 1 heterocycles. The number of likely N-dealkylation sites (tertiary alicyclic amines) is 1. The van der Waals surface area contributed by atoms with Gasteiger partial charge in [-0.3, -0.25) is 9.59 Å². The van der Waals surface area contributed by atoms with Crippen molar-refractivity contribution in [1.29, 1.82) is 0 Å². The molecule has 22 heavy (non-hydrogen) atoms. The van der Waals surface area contributed by atoms with Crippen LogP contribution in [0.15, 0.2) is 24.3 Å². The van der Waals surface area contributed by atoms with Gasteiger partial charge in [-0.05, 0) is 31.2 Å². The number of halogens is 1. The molecule has 1 aliphatic rings. The van der Waals surface area contributed by atoms with Crippen LogP contribution in [0.5, 0.6) is 0 Å². The van der Waals surface area contributed by atoms with Gasteiger partial charge in [-0.25, -0.2) is 0 Å². The lowest BCUT2D eigenvalue weighted by molar-refractivity contribution is -0.242. The highest BCUT2D eigenvalue weighted by molar-refractivity contribution is 6.30. The van der Waals surface area contributed by atoms with E-state index in [4.69, 9.17) is 16.3 Å². The van der Waals surface area contributed by atoms with Gasteiger partial charge >= 0.3 is 0 Å². The first-order valence-corrected chi connectivity index (χ1v) is 7.67. The number of aliphatic hydroxyl groups is 1. The lowest BCUT2D eigenvalue weighted by atomic mass is 9.84. The zero-order valence-electron chi connectivity index (χ0n) is 12.7. The fourth-order valence-corrected chi connectivity index (χ4v) is 2.86. The molecule has 1 aliphatic heterocycles. The van der Waals surface area contributed by atoms with Crippen molar-refractivity contribution in [3.8, 4) is 0 Å². The highest BCUT2D eigenvalue weighted by Crippen LogP contribution is 2.32. The van der Waals surface area contributed by atoms with Gasteiger partial charge in [-0.1, -0.05) is 11.6 Å². The number of ketones is 1. The number of rotatable bonds is 4. The van der Waals surface area contributed by atoms with Crippen LogP contribution in [0.25, 0.3) is 0 Å². The Balaban J connectivity index is 2.29. The summed E-state index contributed by atoms with van der Waals surface area (Å²) in [5, 5.41) is 11.2. The summed E-state index contributed by atoms with van der Waals surface area (Å²) in [6, 6.07) is 6.48. The quantitative estimate of drug-likeness (QED) is 0.680. The Morgan fingerprint density at radius 1 is 1.41 bits per heavy atom. The van der Waals surface area contributed by atoms with Gasteiger partial charge in [-0.2, -0.15) is 0 Å². The number of hydrogen-bond donors (Lipinski definition) is 1. The van der Waals surface area contributed by atoms with Gasteiger partial charge in [0.15, 0.2) is 11.6 Å². The zero-order valence-corrected chi connectivity index (χ0v) is 13.5. The number of piperidine rings is 1. The molecule has 0 spiro atoms. The fourth-order valence-electron chi connectivity index (χ4n) is 2.74. The van der Waals surface area contributed by atoms with Crippen LogP contribution < -0.4 is 0 Å². The predicted octanol–water partition coefficient (Wildman–Crippen LogP) is 2.12. The summed E-state index contributed by atoms with van der Waals surface area (Å²) >= 11 is 5.83. The van der Waals surface area contributed by atoms with Crippen molar-refractivity contribution < 1.29 is 19.4 Å². The van der Waals surface area contributed by atoms with E-state index < -0.39 is 11.7 Å². The van der Waals surface area contributed by atoms with Crippen molar-refractivity contribution in [1.82, 2.24) is 4.90 Å². The Kier molecular flexibility index (Phi) is 5.21. The molecule has 0 aromatic heterocycles. The zero-order chi connectivity index (χ0) is 16.3. The maximum Gasteiger partial charge on any atom is 0.219 e. The van der Waals surface area contributed by atoms with E-state index in [9.17, 15) is 14.7 Å². The van der Waals surface area contributed by atoms with Crippen LogP contribution in [-0.4, -0.2) is 47.2 Å². The molecule has 0 aliphatic carbocycles. The molecule has 2 rings (SSSR count). The SMILES string of the molecule is CCOC1(O)CCN(C(C)=O)CC1C(=O)c1ccc(Cl)cc1. The van der Waals surface area contributed by atoms with Crippen LogP contribution in [0.3, 0.4) is 0 Å². The molecular weight excluding hydrogens is 306 g/mol. The second-order valence-corrected chi connectivity index (χ2v) is 5.85. The Morgan fingerprint density at radius 3 is 2.59 bits per heavy atom. The van der Waals surface area contributed by atoms with Gasteiger partial charge in [-0.15, -0.1) is 0 Å². The number of carbonyl (C=O) groups is 2. The average molecular weight is 326 g/mol. The van der Waals surface area contributed by atoms with Crippen LogP contribution in [0.2, 0.25) is 5.02 Å². The molecule has 0 saturated carbocycles. The summed E-state index contributed by atoms with van der Waals surface area (Å²) in [5.41, 5.74) is 0.443. The Bertz CT molecular complexity index is 560. The first-order valence-electron chi connectivity index (χ1n) is 7.29. The van der Waals surface area contributed by atoms with E-state index in [1.807, 2.05) is 0 Å². The minimum Gasteiger partial charge on any atom is -0.365 e. The van der Waals surface area contributed by atoms with E-state index in [-0.39, 0.29) is 24.7 Å². The Morgan fingerprint density at radius 2 is 2.05 bits per heavy atom. The molecule has 1 saturated heterocycles. The number of hydrogen-bond acceptors (Lipinski definition) is 4. The third kappa shape index (κ3) is 3.48. The van der Waals surface area contributed by atoms with Crippen LogP contribution >= 0.6 is 11.6 Å². The summed E-state index contributed by atoms with van der Waals surface area (Å²) in [6.45, 7) is 4.03. The summed E-state index contributed by atoms with van der Waals surface area (Å²) < 4.78 is 5.45. The topological polar surface area (TPSA) is 66.8 Å². The first kappa shape index (κ1) is 16.9. The molecule has 2 atom stereocenters. The Hall–Kier alpha value is -1.43. The normalized spacial score (nSPS) is 25.1. The van der Waals surface area contributed by atoms with E-state index in [0.29, 0.717) is 23.7 Å². The van der Waals surface area contributed by atoms with Gasteiger partial charge in [0, 0.05) is 43.6 Å². The fraction of sp³-hybridized carbons (Fsp3) is 0.500.